The Bertz CT molecular complexity index is 694. The van der Waals surface area contributed by atoms with Crippen LogP contribution in [0.5, 0.6) is 0 Å². The van der Waals surface area contributed by atoms with Gasteiger partial charge in [0.05, 0.1) is 12.5 Å². The van der Waals surface area contributed by atoms with Crippen LogP contribution in [-0.2, 0) is 20.9 Å². The number of carbonyl (C=O) groups is 3. The van der Waals surface area contributed by atoms with Gasteiger partial charge in [-0.15, -0.1) is 0 Å². The maximum atomic E-state index is 12.6. The van der Waals surface area contributed by atoms with Crippen LogP contribution >= 0.6 is 0 Å². The lowest BCUT2D eigenvalue weighted by atomic mass is 9.96. The zero-order valence-corrected chi connectivity index (χ0v) is 13.9. The molecule has 2 heterocycles. The fraction of sp³-hybridized carbons (Fsp3) is 0.444. The SMILES string of the molecule is O=C(O)C1CCN(C(=O)C2=NN(Cc3ccccc3)C(=O)CC2)CC1. The Morgan fingerprint density at radius 1 is 1.12 bits per heavy atom. The van der Waals surface area contributed by atoms with Crippen molar-refractivity contribution in [1.82, 2.24) is 9.91 Å². The highest BCUT2D eigenvalue weighted by Gasteiger charge is 2.31. The van der Waals surface area contributed by atoms with Gasteiger partial charge in [0.15, 0.2) is 0 Å². The van der Waals surface area contributed by atoms with E-state index in [4.69, 9.17) is 5.11 Å². The first-order chi connectivity index (χ1) is 12.0. The van der Waals surface area contributed by atoms with E-state index in [0.29, 0.717) is 44.6 Å². The summed E-state index contributed by atoms with van der Waals surface area (Å²) in [5.74, 6) is -1.46. The molecule has 0 aromatic heterocycles. The Labute approximate surface area is 145 Å². The van der Waals surface area contributed by atoms with E-state index in [1.54, 1.807) is 4.90 Å². The van der Waals surface area contributed by atoms with Crippen molar-refractivity contribution in [2.45, 2.75) is 32.2 Å². The number of nitrogens with zero attached hydrogens (tertiary/aromatic N) is 3. The monoisotopic (exact) mass is 343 g/mol. The molecule has 0 saturated carbocycles. The van der Waals surface area contributed by atoms with Crippen molar-refractivity contribution in [2.24, 2.45) is 11.0 Å². The van der Waals surface area contributed by atoms with E-state index < -0.39 is 5.97 Å². The summed E-state index contributed by atoms with van der Waals surface area (Å²) in [7, 11) is 0. The largest absolute Gasteiger partial charge is 0.481 e. The molecular weight excluding hydrogens is 322 g/mol. The van der Waals surface area contributed by atoms with E-state index in [9.17, 15) is 14.4 Å². The number of rotatable bonds is 4. The minimum Gasteiger partial charge on any atom is -0.481 e. The molecule has 25 heavy (non-hydrogen) atoms. The van der Waals surface area contributed by atoms with Gasteiger partial charge in [-0.2, -0.15) is 5.10 Å². The zero-order valence-electron chi connectivity index (χ0n) is 13.9. The third-order valence-corrected chi connectivity index (χ3v) is 4.66. The highest BCUT2D eigenvalue weighted by Crippen LogP contribution is 2.20. The van der Waals surface area contributed by atoms with E-state index in [1.165, 1.54) is 5.01 Å². The second kappa shape index (κ2) is 7.46. The van der Waals surface area contributed by atoms with E-state index in [1.807, 2.05) is 30.3 Å². The third kappa shape index (κ3) is 4.04. The number of likely N-dealkylation sites (tertiary alicyclic amines) is 1. The molecule has 1 N–H and O–H groups in total. The predicted octanol–water partition coefficient (Wildman–Crippen LogP) is 1.49. The molecule has 0 bridgehead atoms. The van der Waals surface area contributed by atoms with E-state index in [2.05, 4.69) is 5.10 Å². The topological polar surface area (TPSA) is 90.3 Å². The maximum Gasteiger partial charge on any atom is 0.306 e. The van der Waals surface area contributed by atoms with Gasteiger partial charge in [0.1, 0.15) is 5.71 Å². The Morgan fingerprint density at radius 3 is 2.44 bits per heavy atom. The third-order valence-electron chi connectivity index (χ3n) is 4.66. The van der Waals surface area contributed by atoms with Gasteiger partial charge in [0.25, 0.3) is 5.91 Å². The number of carboxylic acid groups (broad SMARTS) is 1. The molecule has 7 nitrogen and oxygen atoms in total. The smallest absolute Gasteiger partial charge is 0.306 e. The lowest BCUT2D eigenvalue weighted by Gasteiger charge is -2.32. The second-order valence-electron chi connectivity index (χ2n) is 6.39. The number of carboxylic acids is 1. The van der Waals surface area contributed by atoms with Crippen LogP contribution in [0, 0.1) is 5.92 Å². The number of piperidine rings is 1. The average molecular weight is 343 g/mol. The highest BCUT2D eigenvalue weighted by molar-refractivity contribution is 6.39. The summed E-state index contributed by atoms with van der Waals surface area (Å²) < 4.78 is 0. The lowest BCUT2D eigenvalue weighted by molar-refractivity contribution is -0.144. The first-order valence-corrected chi connectivity index (χ1v) is 8.48. The highest BCUT2D eigenvalue weighted by atomic mass is 16.4. The molecule has 0 radical (unpaired) electrons. The molecule has 0 spiro atoms. The fourth-order valence-corrected chi connectivity index (χ4v) is 3.15. The van der Waals surface area contributed by atoms with Crippen molar-refractivity contribution in [3.8, 4) is 0 Å². The predicted molar refractivity (Wildman–Crippen MR) is 90.6 cm³/mol. The first kappa shape index (κ1) is 17.1. The summed E-state index contributed by atoms with van der Waals surface area (Å²) in [5, 5.41) is 14.7. The number of aliphatic carboxylic acids is 1. The zero-order chi connectivity index (χ0) is 17.8. The molecule has 0 atom stereocenters. The molecule has 2 amide bonds. The Hall–Kier alpha value is -2.70. The molecule has 7 heteroatoms. The van der Waals surface area contributed by atoms with E-state index in [0.717, 1.165) is 5.56 Å². The number of benzene rings is 1. The van der Waals surface area contributed by atoms with Gasteiger partial charge in [-0.25, -0.2) is 5.01 Å². The summed E-state index contributed by atoms with van der Waals surface area (Å²) >= 11 is 0. The molecule has 132 valence electrons. The summed E-state index contributed by atoms with van der Waals surface area (Å²) in [5.41, 5.74) is 1.33. The fourth-order valence-electron chi connectivity index (χ4n) is 3.15. The summed E-state index contributed by atoms with van der Waals surface area (Å²) in [4.78, 5) is 37.4. The number of hydrogen-bond donors (Lipinski definition) is 1. The molecule has 0 unspecified atom stereocenters. The molecule has 1 aromatic rings. The Morgan fingerprint density at radius 2 is 1.80 bits per heavy atom. The van der Waals surface area contributed by atoms with Crippen LogP contribution in [0.25, 0.3) is 0 Å². The van der Waals surface area contributed by atoms with Crippen molar-refractivity contribution in [2.75, 3.05) is 13.1 Å². The molecule has 1 fully saturated rings. The molecule has 1 aromatic carbocycles. The molecule has 1 saturated heterocycles. The molecule has 2 aliphatic rings. The van der Waals surface area contributed by atoms with Crippen LogP contribution in [0.2, 0.25) is 0 Å². The van der Waals surface area contributed by atoms with Gasteiger partial charge in [-0.1, -0.05) is 30.3 Å². The summed E-state index contributed by atoms with van der Waals surface area (Å²) in [6.07, 6.45) is 1.52. The Balaban J connectivity index is 1.66. The van der Waals surface area contributed by atoms with E-state index in [-0.39, 0.29) is 24.2 Å². The number of hydrogen-bond acceptors (Lipinski definition) is 4. The van der Waals surface area contributed by atoms with Crippen molar-refractivity contribution >= 4 is 23.5 Å². The standard InChI is InChI=1S/C18H21N3O4/c22-16-7-6-15(19-21(16)12-13-4-2-1-3-5-13)17(23)20-10-8-14(9-11-20)18(24)25/h1-5,14H,6-12H2,(H,24,25). The molecule has 3 rings (SSSR count). The molecule has 2 aliphatic heterocycles. The average Bonchev–Trinajstić information content (AvgIpc) is 2.64. The minimum absolute atomic E-state index is 0.0926. The quantitative estimate of drug-likeness (QED) is 0.897. The maximum absolute atomic E-state index is 12.6. The molecule has 0 aliphatic carbocycles. The van der Waals surface area contributed by atoms with Gasteiger partial charge in [0, 0.05) is 25.9 Å². The number of hydrazone groups is 1. The van der Waals surface area contributed by atoms with Crippen LogP contribution < -0.4 is 0 Å². The van der Waals surface area contributed by atoms with Gasteiger partial charge in [-0.05, 0) is 18.4 Å². The first-order valence-electron chi connectivity index (χ1n) is 8.48. The molecular formula is C18H21N3O4. The van der Waals surface area contributed by atoms with Crippen LogP contribution in [0.4, 0.5) is 0 Å². The second-order valence-corrected chi connectivity index (χ2v) is 6.39. The van der Waals surface area contributed by atoms with Crippen LogP contribution in [0.15, 0.2) is 35.4 Å². The van der Waals surface area contributed by atoms with E-state index >= 15 is 0 Å². The van der Waals surface area contributed by atoms with Crippen molar-refractivity contribution < 1.29 is 19.5 Å². The van der Waals surface area contributed by atoms with Crippen LogP contribution in [0.3, 0.4) is 0 Å². The lowest BCUT2D eigenvalue weighted by Crippen LogP contribution is -2.45. The van der Waals surface area contributed by atoms with Crippen LogP contribution in [-0.4, -0.2) is 51.6 Å². The van der Waals surface area contributed by atoms with Crippen molar-refractivity contribution in [3.63, 3.8) is 0 Å². The van der Waals surface area contributed by atoms with Gasteiger partial charge >= 0.3 is 5.97 Å². The Kier molecular flexibility index (Phi) is 5.11. The van der Waals surface area contributed by atoms with Crippen molar-refractivity contribution in [3.05, 3.63) is 35.9 Å². The minimum atomic E-state index is -0.804. The number of amides is 2. The van der Waals surface area contributed by atoms with Gasteiger partial charge in [-0.3, -0.25) is 14.4 Å². The normalized spacial score (nSPS) is 18.9. The summed E-state index contributed by atoms with van der Waals surface area (Å²) in [6.45, 7) is 1.18. The van der Waals surface area contributed by atoms with Gasteiger partial charge in [0.2, 0.25) is 5.91 Å². The number of carbonyl (C=O) groups excluding carboxylic acids is 2. The van der Waals surface area contributed by atoms with Crippen molar-refractivity contribution in [1.29, 1.82) is 0 Å². The van der Waals surface area contributed by atoms with Crippen LogP contribution in [0.1, 0.15) is 31.2 Å². The summed E-state index contributed by atoms with van der Waals surface area (Å²) in [6, 6.07) is 9.52. The van der Waals surface area contributed by atoms with Gasteiger partial charge < -0.3 is 10.0 Å².